The molecule has 4 atom stereocenters. The summed E-state index contributed by atoms with van der Waals surface area (Å²) in [5, 5.41) is 0. The maximum atomic E-state index is 9.30. The summed E-state index contributed by atoms with van der Waals surface area (Å²) >= 11 is 0. The Morgan fingerprint density at radius 1 is 1.23 bits per heavy atom. The molecule has 3 aliphatic rings. The Kier molecular flexibility index (Phi) is 2.51. The molecule has 118 valence electrons. The van der Waals surface area contributed by atoms with E-state index in [0.717, 1.165) is 24.1 Å². The second-order valence-electron chi connectivity index (χ2n) is 7.00. The van der Waals surface area contributed by atoms with Gasteiger partial charge >= 0.3 is 0 Å². The zero-order valence-corrected chi connectivity index (χ0v) is 13.5. The van der Waals surface area contributed by atoms with Gasteiger partial charge in [-0.15, -0.1) is 0 Å². The Balaban J connectivity index is 1.79. The van der Waals surface area contributed by atoms with Gasteiger partial charge < -0.3 is 9.80 Å². The van der Waals surface area contributed by atoms with Crippen LogP contribution < -0.4 is 4.90 Å². The van der Waals surface area contributed by atoms with Crippen LogP contribution in [0.3, 0.4) is 0 Å². The predicted molar refractivity (Wildman–Crippen MR) is 92.8 cm³/mol. The van der Waals surface area contributed by atoms with Crippen LogP contribution in [0.2, 0.25) is 0 Å². The highest BCUT2D eigenvalue weighted by Crippen LogP contribution is 2.45. The number of aryl methyl sites for hydroxylation is 1. The molecule has 0 N–H and O–H groups in total. The van der Waals surface area contributed by atoms with Crippen molar-refractivity contribution in [2.24, 2.45) is 11.8 Å². The number of hydrogen-bond acceptors (Lipinski definition) is 2. The van der Waals surface area contributed by atoms with Gasteiger partial charge in [-0.2, -0.15) is 0 Å². The third-order valence-corrected chi connectivity index (χ3v) is 5.76. The van der Waals surface area contributed by atoms with Gasteiger partial charge in [0.15, 0.2) is 0 Å². The predicted octanol–water partition coefficient (Wildman–Crippen LogP) is 4.55. The third kappa shape index (κ3) is 2.00. The van der Waals surface area contributed by atoms with E-state index in [9.17, 15) is 1.37 Å². The first-order chi connectivity index (χ1) is 12.2. The van der Waals surface area contributed by atoms with Crippen molar-refractivity contribution < 1.29 is 5.48 Å². The summed E-state index contributed by atoms with van der Waals surface area (Å²) in [4.78, 5) is 4.02. The molecule has 3 unspecified atom stereocenters. The van der Waals surface area contributed by atoms with Crippen molar-refractivity contribution >= 4 is 5.69 Å². The number of hydrogen-bond donors (Lipinski definition) is 0. The van der Waals surface area contributed by atoms with E-state index in [4.69, 9.17) is 4.11 Å². The summed E-state index contributed by atoms with van der Waals surface area (Å²) in [5.74, 6) is -0.373. The molecule has 2 heterocycles. The van der Waals surface area contributed by atoms with E-state index in [1.807, 2.05) is 48.4 Å². The Morgan fingerprint density at radius 2 is 2.00 bits per heavy atom. The molecule has 2 aliphatic heterocycles. The Hall–Kier alpha value is -1.44. The van der Waals surface area contributed by atoms with E-state index in [1.165, 1.54) is 12.8 Å². The van der Waals surface area contributed by atoms with Gasteiger partial charge in [-0.1, -0.05) is 37.1 Å². The van der Waals surface area contributed by atoms with Crippen LogP contribution in [0.5, 0.6) is 0 Å². The fraction of sp³-hybridized carbons (Fsp3) is 0.600. The van der Waals surface area contributed by atoms with Gasteiger partial charge in [-0.3, -0.25) is 0 Å². The standard InChI is InChI=1S/C20H28N2/c1-14-8-4-7-11-19(14)22-15(2)20-18(17-9-5-6-10-17)12-13-21(20)16(22)3/h4,7-8,11-13,15-18,20H,5-6,9-10H2,1-3H3/t15-,16?,18?,20?/m0/s1/i3D3,18D. The fourth-order valence-electron chi connectivity index (χ4n) is 4.66. The smallest absolute Gasteiger partial charge is 0.0989 e. The first-order valence-corrected chi connectivity index (χ1v) is 8.56. The van der Waals surface area contributed by atoms with Crippen LogP contribution >= 0.6 is 0 Å². The molecule has 2 heteroatoms. The van der Waals surface area contributed by atoms with Gasteiger partial charge in [-0.25, -0.2) is 0 Å². The molecule has 4 rings (SSSR count). The summed E-state index contributed by atoms with van der Waals surface area (Å²) in [6.45, 7) is 1.99. The lowest BCUT2D eigenvalue weighted by Crippen LogP contribution is -2.39. The minimum Gasteiger partial charge on any atom is -0.352 e. The van der Waals surface area contributed by atoms with Crippen LogP contribution in [0, 0.1) is 18.7 Å². The van der Waals surface area contributed by atoms with Gasteiger partial charge in [-0.05, 0) is 57.3 Å². The average molecular weight is 300 g/mol. The van der Waals surface area contributed by atoms with Gasteiger partial charge in [0.25, 0.3) is 0 Å². The van der Waals surface area contributed by atoms with Crippen LogP contribution in [0.25, 0.3) is 0 Å². The molecule has 2 nitrogen and oxygen atoms in total. The largest absolute Gasteiger partial charge is 0.352 e. The van der Waals surface area contributed by atoms with Crippen LogP contribution in [-0.2, 0) is 0 Å². The van der Waals surface area contributed by atoms with E-state index >= 15 is 0 Å². The van der Waals surface area contributed by atoms with Crippen molar-refractivity contribution in [3.63, 3.8) is 0 Å². The summed E-state index contributed by atoms with van der Waals surface area (Å²) in [7, 11) is 0. The molecular weight excluding hydrogens is 268 g/mol. The average Bonchev–Trinajstić information content (AvgIpc) is 3.26. The van der Waals surface area contributed by atoms with E-state index in [0.29, 0.717) is 5.92 Å². The summed E-state index contributed by atoms with van der Waals surface area (Å²) in [6, 6.07) is 7.85. The van der Waals surface area contributed by atoms with Crippen molar-refractivity contribution in [1.82, 2.24) is 4.90 Å². The van der Waals surface area contributed by atoms with E-state index in [-0.39, 0.29) is 12.1 Å². The lowest BCUT2D eigenvalue weighted by atomic mass is 9.83. The number of para-hydroxylation sites is 1. The topological polar surface area (TPSA) is 6.48 Å². The van der Waals surface area contributed by atoms with E-state index < -0.39 is 18.9 Å². The zero-order chi connectivity index (χ0) is 18.7. The van der Waals surface area contributed by atoms with Crippen LogP contribution in [-0.4, -0.2) is 23.1 Å². The maximum Gasteiger partial charge on any atom is 0.0989 e. The molecule has 2 fully saturated rings. The molecule has 1 aromatic carbocycles. The molecule has 0 amide bonds. The molecule has 22 heavy (non-hydrogen) atoms. The zero-order valence-electron chi connectivity index (χ0n) is 17.5. The molecule has 1 aliphatic carbocycles. The first kappa shape index (κ1) is 10.4. The minimum absolute atomic E-state index is 0.0328. The highest BCUT2D eigenvalue weighted by molar-refractivity contribution is 5.56. The summed E-state index contributed by atoms with van der Waals surface area (Å²) in [5.41, 5.74) is 2.05. The highest BCUT2D eigenvalue weighted by atomic mass is 15.5. The number of nitrogens with zero attached hydrogens (tertiary/aromatic N) is 2. The number of anilines is 1. The van der Waals surface area contributed by atoms with E-state index in [2.05, 4.69) is 11.8 Å². The number of fused-ring (bicyclic) bond motifs is 1. The van der Waals surface area contributed by atoms with Crippen molar-refractivity contribution in [2.75, 3.05) is 4.90 Å². The first-order valence-electron chi connectivity index (χ1n) is 10.6. The lowest BCUT2D eigenvalue weighted by molar-refractivity contribution is 0.223. The van der Waals surface area contributed by atoms with Crippen molar-refractivity contribution in [3.05, 3.63) is 42.1 Å². The van der Waals surface area contributed by atoms with Crippen molar-refractivity contribution in [3.8, 4) is 0 Å². The Labute approximate surface area is 140 Å². The molecular formula is C20H28N2. The molecule has 0 radical (unpaired) electrons. The maximum absolute atomic E-state index is 9.30. The Morgan fingerprint density at radius 3 is 2.73 bits per heavy atom. The molecule has 0 spiro atoms. The quantitative estimate of drug-likeness (QED) is 0.790. The monoisotopic (exact) mass is 300 g/mol. The van der Waals surface area contributed by atoms with Gasteiger partial charge in [0.1, 0.15) is 0 Å². The van der Waals surface area contributed by atoms with Crippen LogP contribution in [0.4, 0.5) is 5.69 Å². The normalized spacial score (nSPS) is 41.3. The lowest BCUT2D eigenvalue weighted by Gasteiger charge is -2.32. The molecule has 0 aromatic heterocycles. The van der Waals surface area contributed by atoms with Gasteiger partial charge in [0.2, 0.25) is 0 Å². The van der Waals surface area contributed by atoms with Gasteiger partial charge in [0.05, 0.1) is 12.2 Å². The highest BCUT2D eigenvalue weighted by Gasteiger charge is 2.49. The van der Waals surface area contributed by atoms with Crippen LogP contribution in [0.15, 0.2) is 36.5 Å². The molecule has 1 saturated carbocycles. The number of rotatable bonds is 2. The Bertz CT molecular complexity index is 710. The molecule has 1 saturated heterocycles. The number of benzene rings is 1. The summed E-state index contributed by atoms with van der Waals surface area (Å²) in [6.07, 6.45) is 7.70. The van der Waals surface area contributed by atoms with Crippen molar-refractivity contribution in [2.45, 2.75) is 64.6 Å². The van der Waals surface area contributed by atoms with Gasteiger partial charge in [0, 0.05) is 23.1 Å². The second kappa shape index (κ2) is 5.33. The molecule has 1 aromatic rings. The molecule has 0 bridgehead atoms. The third-order valence-electron chi connectivity index (χ3n) is 5.76. The minimum atomic E-state index is -2.14. The second-order valence-corrected chi connectivity index (χ2v) is 7.00. The summed E-state index contributed by atoms with van der Waals surface area (Å²) < 4.78 is 33.9. The SMILES string of the molecule is [2H]C([2H])([2H])C1N2C=CC([2H])(C3CCCC3)C2[C@H](C)N1c1ccccc1C. The fourth-order valence-corrected chi connectivity index (χ4v) is 4.66. The van der Waals surface area contributed by atoms with Crippen molar-refractivity contribution in [1.29, 1.82) is 0 Å². The van der Waals surface area contributed by atoms with Crippen LogP contribution in [0.1, 0.15) is 50.5 Å². The van der Waals surface area contributed by atoms with E-state index in [1.54, 1.807) is 0 Å².